The van der Waals surface area contributed by atoms with Gasteiger partial charge in [-0.3, -0.25) is 15.4 Å². The summed E-state index contributed by atoms with van der Waals surface area (Å²) in [6, 6.07) is 7.03. The predicted octanol–water partition coefficient (Wildman–Crippen LogP) is 2.12. The van der Waals surface area contributed by atoms with Crippen molar-refractivity contribution in [3.63, 3.8) is 0 Å². The molecule has 0 aliphatic heterocycles. The third-order valence-corrected chi connectivity index (χ3v) is 3.26. The minimum atomic E-state index is -0.834. The quantitative estimate of drug-likeness (QED) is 0.750. The summed E-state index contributed by atoms with van der Waals surface area (Å²) >= 11 is 0. The fourth-order valence-electron chi connectivity index (χ4n) is 2.19. The van der Waals surface area contributed by atoms with Crippen molar-refractivity contribution in [2.24, 2.45) is 11.7 Å². The number of rotatable bonds is 6. The first-order valence-electron chi connectivity index (χ1n) is 7.24. The number of nitrogens with two attached hydrogens (primary N) is 1. The minimum absolute atomic E-state index is 0.00623. The van der Waals surface area contributed by atoms with Gasteiger partial charge in [0, 0.05) is 6.04 Å². The molecule has 21 heavy (non-hydrogen) atoms. The molecule has 5 heteroatoms. The van der Waals surface area contributed by atoms with Crippen LogP contribution in [0.2, 0.25) is 0 Å². The Morgan fingerprint density at radius 1 is 1.10 bits per heavy atom. The molecular formula is C16H25N3O2. The van der Waals surface area contributed by atoms with E-state index in [4.69, 9.17) is 5.73 Å². The number of primary amides is 1. The Morgan fingerprint density at radius 3 is 2.14 bits per heavy atom. The first-order chi connectivity index (χ1) is 9.79. The maximum atomic E-state index is 11.6. The smallest absolute Gasteiger partial charge is 0.318 e. The number of carbonyl (C=O) groups excluding carboxylic acids is 2. The molecular weight excluding hydrogens is 266 g/mol. The van der Waals surface area contributed by atoms with Crippen molar-refractivity contribution >= 4 is 11.9 Å². The van der Waals surface area contributed by atoms with Crippen LogP contribution in [0, 0.1) is 5.92 Å². The molecule has 0 bridgehead atoms. The van der Waals surface area contributed by atoms with Crippen LogP contribution in [-0.4, -0.2) is 18.0 Å². The van der Waals surface area contributed by atoms with Gasteiger partial charge in [-0.2, -0.15) is 0 Å². The molecule has 2 atom stereocenters. The summed E-state index contributed by atoms with van der Waals surface area (Å²) in [6.45, 7) is 8.06. The average Bonchev–Trinajstić information content (AvgIpc) is 2.37. The summed E-state index contributed by atoms with van der Waals surface area (Å²) in [5.41, 5.74) is 7.34. The van der Waals surface area contributed by atoms with Crippen LogP contribution < -0.4 is 16.4 Å². The highest BCUT2D eigenvalue weighted by Gasteiger charge is 2.17. The zero-order valence-electron chi connectivity index (χ0n) is 13.1. The molecule has 3 amide bonds. The standard InChI is InChI=1S/C16H25N3O2/c1-10(2)9-13-5-7-14(8-6-13)11(3)18-12(4)15(20)19-16(17)21/h5-8,10-12,18H,9H2,1-4H3,(H3,17,19,20,21)/t11-,12+/m1/s1. The number of amides is 3. The zero-order chi connectivity index (χ0) is 16.0. The summed E-state index contributed by atoms with van der Waals surface area (Å²) in [6.07, 6.45) is 1.06. The van der Waals surface area contributed by atoms with E-state index >= 15 is 0 Å². The molecule has 1 aromatic carbocycles. The Hall–Kier alpha value is -1.88. The van der Waals surface area contributed by atoms with Crippen LogP contribution in [-0.2, 0) is 11.2 Å². The number of benzene rings is 1. The van der Waals surface area contributed by atoms with E-state index in [9.17, 15) is 9.59 Å². The topological polar surface area (TPSA) is 84.2 Å². The van der Waals surface area contributed by atoms with Gasteiger partial charge in [0.2, 0.25) is 5.91 Å². The van der Waals surface area contributed by atoms with E-state index in [-0.39, 0.29) is 6.04 Å². The van der Waals surface area contributed by atoms with Gasteiger partial charge in [0.1, 0.15) is 0 Å². The van der Waals surface area contributed by atoms with Gasteiger partial charge in [0.25, 0.3) is 0 Å². The van der Waals surface area contributed by atoms with Crippen molar-refractivity contribution < 1.29 is 9.59 Å². The molecule has 1 rings (SSSR count). The normalized spacial score (nSPS) is 13.8. The molecule has 5 nitrogen and oxygen atoms in total. The minimum Gasteiger partial charge on any atom is -0.351 e. The van der Waals surface area contributed by atoms with Crippen LogP contribution in [0.25, 0.3) is 0 Å². The lowest BCUT2D eigenvalue weighted by Gasteiger charge is -2.19. The number of hydrogen-bond donors (Lipinski definition) is 3. The van der Waals surface area contributed by atoms with Gasteiger partial charge in [0.05, 0.1) is 6.04 Å². The second-order valence-electron chi connectivity index (χ2n) is 5.80. The van der Waals surface area contributed by atoms with Gasteiger partial charge in [-0.25, -0.2) is 4.79 Å². The number of carbonyl (C=O) groups is 2. The van der Waals surface area contributed by atoms with Gasteiger partial charge in [-0.1, -0.05) is 38.1 Å². The largest absolute Gasteiger partial charge is 0.351 e. The first-order valence-corrected chi connectivity index (χ1v) is 7.24. The maximum Gasteiger partial charge on any atom is 0.318 e. The molecule has 0 aliphatic rings. The summed E-state index contributed by atoms with van der Waals surface area (Å²) in [5.74, 6) is 0.203. The van der Waals surface area contributed by atoms with Crippen LogP contribution >= 0.6 is 0 Å². The summed E-state index contributed by atoms with van der Waals surface area (Å²) < 4.78 is 0. The Morgan fingerprint density at radius 2 is 1.67 bits per heavy atom. The molecule has 0 aromatic heterocycles. The van der Waals surface area contributed by atoms with Crippen molar-refractivity contribution in [1.82, 2.24) is 10.6 Å². The molecule has 0 saturated heterocycles. The fraction of sp³-hybridized carbons (Fsp3) is 0.500. The van der Waals surface area contributed by atoms with Crippen LogP contribution in [0.4, 0.5) is 4.79 Å². The Balaban J connectivity index is 2.60. The molecule has 0 heterocycles. The lowest BCUT2D eigenvalue weighted by molar-refractivity contribution is -0.121. The maximum absolute atomic E-state index is 11.6. The molecule has 0 fully saturated rings. The third kappa shape index (κ3) is 5.95. The number of urea groups is 1. The lowest BCUT2D eigenvalue weighted by Crippen LogP contribution is -2.47. The van der Waals surface area contributed by atoms with Gasteiger partial charge >= 0.3 is 6.03 Å². The SMILES string of the molecule is CC(C)Cc1ccc([C@@H](C)N[C@@H](C)C(=O)NC(N)=O)cc1. The van der Waals surface area contributed by atoms with E-state index in [0.717, 1.165) is 12.0 Å². The van der Waals surface area contributed by atoms with Crippen molar-refractivity contribution in [3.8, 4) is 0 Å². The first kappa shape index (κ1) is 17.2. The molecule has 0 spiro atoms. The lowest BCUT2D eigenvalue weighted by atomic mass is 9.99. The number of hydrogen-bond acceptors (Lipinski definition) is 3. The monoisotopic (exact) mass is 291 g/mol. The highest BCUT2D eigenvalue weighted by atomic mass is 16.2. The third-order valence-electron chi connectivity index (χ3n) is 3.26. The second kappa shape index (κ2) is 7.78. The molecule has 0 unspecified atom stereocenters. The molecule has 116 valence electrons. The highest BCUT2D eigenvalue weighted by Crippen LogP contribution is 2.16. The fourth-order valence-corrected chi connectivity index (χ4v) is 2.19. The van der Waals surface area contributed by atoms with E-state index in [1.807, 2.05) is 6.92 Å². The van der Waals surface area contributed by atoms with E-state index in [1.165, 1.54) is 5.56 Å². The Bertz CT molecular complexity index is 483. The van der Waals surface area contributed by atoms with Crippen molar-refractivity contribution in [3.05, 3.63) is 35.4 Å². The van der Waals surface area contributed by atoms with E-state index < -0.39 is 18.0 Å². The molecule has 0 saturated carbocycles. The van der Waals surface area contributed by atoms with Gasteiger partial charge in [-0.05, 0) is 37.3 Å². The summed E-state index contributed by atoms with van der Waals surface area (Å²) in [4.78, 5) is 22.3. The Labute approximate surface area is 126 Å². The van der Waals surface area contributed by atoms with Crippen molar-refractivity contribution in [2.45, 2.75) is 46.2 Å². The summed E-state index contributed by atoms with van der Waals surface area (Å²) in [5, 5.41) is 5.21. The molecule has 0 aliphatic carbocycles. The molecule has 4 N–H and O–H groups in total. The van der Waals surface area contributed by atoms with Crippen LogP contribution in [0.1, 0.15) is 44.9 Å². The predicted molar refractivity (Wildman–Crippen MR) is 83.7 cm³/mol. The van der Waals surface area contributed by atoms with Crippen molar-refractivity contribution in [1.29, 1.82) is 0 Å². The highest BCUT2D eigenvalue weighted by molar-refractivity contribution is 5.96. The van der Waals surface area contributed by atoms with Crippen molar-refractivity contribution in [2.75, 3.05) is 0 Å². The van der Waals surface area contributed by atoms with Crippen LogP contribution in [0.15, 0.2) is 24.3 Å². The van der Waals surface area contributed by atoms with Crippen LogP contribution in [0.5, 0.6) is 0 Å². The van der Waals surface area contributed by atoms with E-state index in [2.05, 4.69) is 48.7 Å². The van der Waals surface area contributed by atoms with E-state index in [0.29, 0.717) is 5.92 Å². The van der Waals surface area contributed by atoms with Gasteiger partial charge in [-0.15, -0.1) is 0 Å². The van der Waals surface area contributed by atoms with Crippen LogP contribution in [0.3, 0.4) is 0 Å². The Kier molecular flexibility index (Phi) is 6.37. The zero-order valence-corrected chi connectivity index (χ0v) is 13.1. The van der Waals surface area contributed by atoms with Gasteiger partial charge < -0.3 is 5.73 Å². The molecule has 1 aromatic rings. The number of nitrogens with one attached hydrogen (secondary N) is 2. The molecule has 0 radical (unpaired) electrons. The second-order valence-corrected chi connectivity index (χ2v) is 5.80. The average molecular weight is 291 g/mol. The van der Waals surface area contributed by atoms with Gasteiger partial charge in [0.15, 0.2) is 0 Å². The van der Waals surface area contributed by atoms with E-state index in [1.54, 1.807) is 6.92 Å². The summed E-state index contributed by atoms with van der Waals surface area (Å²) in [7, 11) is 0. The number of imide groups is 1.